The number of nitrogens with one attached hydrogen (secondary N) is 2. The van der Waals surface area contributed by atoms with Gasteiger partial charge in [-0.05, 0) is 83.9 Å². The fourth-order valence-electron chi connectivity index (χ4n) is 5.95. The quantitative estimate of drug-likeness (QED) is 0.0523. The van der Waals surface area contributed by atoms with Gasteiger partial charge in [0.1, 0.15) is 32.8 Å². The molecule has 2 heterocycles. The molecule has 64 heavy (non-hydrogen) atoms. The summed E-state index contributed by atoms with van der Waals surface area (Å²) < 4.78 is 95.2. The highest BCUT2D eigenvalue weighted by atomic mass is 32.2. The van der Waals surface area contributed by atoms with Gasteiger partial charge in [-0.1, -0.05) is 97.1 Å². The minimum atomic E-state index is -4.87. The van der Waals surface area contributed by atoms with E-state index in [1.165, 1.54) is 48.6 Å². The molecule has 0 unspecified atom stereocenters. The Morgan fingerprint density at radius 2 is 0.672 bits per heavy atom. The van der Waals surface area contributed by atoms with Crippen molar-refractivity contribution in [2.75, 3.05) is 10.6 Å². The predicted molar refractivity (Wildman–Crippen MR) is 238 cm³/mol. The van der Waals surface area contributed by atoms with Gasteiger partial charge in [-0.3, -0.25) is 9.11 Å². The summed E-state index contributed by atoms with van der Waals surface area (Å²) in [5, 5.41) is 5.86. The van der Waals surface area contributed by atoms with Gasteiger partial charge in [0.05, 0.1) is 12.1 Å². The Balaban J connectivity index is 1.07. The van der Waals surface area contributed by atoms with Gasteiger partial charge in [0.2, 0.25) is 35.4 Å². The molecule has 0 atom stereocenters. The molecule has 0 saturated carbocycles. The number of rotatable bonds is 16. The zero-order valence-electron chi connectivity index (χ0n) is 33.1. The first kappa shape index (κ1) is 42.5. The summed E-state index contributed by atoms with van der Waals surface area (Å²) in [6.07, 6.45) is 2.53. The van der Waals surface area contributed by atoms with Crippen LogP contribution in [0.4, 0.5) is 23.3 Å². The second-order valence-electron chi connectivity index (χ2n) is 13.4. The highest BCUT2D eigenvalue weighted by molar-refractivity contribution is 7.86. The van der Waals surface area contributed by atoms with E-state index in [4.69, 9.17) is 18.9 Å². The molecule has 0 aliphatic carbocycles. The molecule has 2 aromatic heterocycles. The van der Waals surface area contributed by atoms with Crippen LogP contribution in [-0.4, -0.2) is 45.9 Å². The van der Waals surface area contributed by atoms with Crippen LogP contribution in [0.2, 0.25) is 0 Å². The summed E-state index contributed by atoms with van der Waals surface area (Å²) in [6.45, 7) is 0. The van der Waals surface area contributed by atoms with Gasteiger partial charge in [-0.25, -0.2) is 0 Å². The molecule has 8 aromatic rings. The van der Waals surface area contributed by atoms with Crippen molar-refractivity contribution >= 4 is 55.7 Å². The minimum Gasteiger partial charge on any atom is -0.439 e. The maximum atomic E-state index is 12.7. The van der Waals surface area contributed by atoms with E-state index in [0.717, 1.165) is 12.1 Å². The number of anilines is 4. The molecule has 0 saturated heterocycles. The Kier molecular flexibility index (Phi) is 12.5. The van der Waals surface area contributed by atoms with Crippen molar-refractivity contribution in [1.82, 2.24) is 19.9 Å². The van der Waals surface area contributed by atoms with Crippen molar-refractivity contribution in [3.63, 3.8) is 0 Å². The lowest BCUT2D eigenvalue weighted by atomic mass is 10.1. The zero-order chi connectivity index (χ0) is 44.5. The third-order valence-electron chi connectivity index (χ3n) is 8.76. The molecule has 18 heteroatoms. The lowest BCUT2D eigenvalue weighted by Gasteiger charge is -2.13. The van der Waals surface area contributed by atoms with Crippen LogP contribution in [-0.2, 0) is 20.2 Å². The van der Waals surface area contributed by atoms with E-state index < -0.39 is 30.0 Å². The van der Waals surface area contributed by atoms with Gasteiger partial charge < -0.3 is 29.6 Å². The molecule has 0 spiro atoms. The topological polar surface area (TPSA) is 221 Å². The summed E-state index contributed by atoms with van der Waals surface area (Å²) in [5.74, 6) is 2.33. The molecule has 320 valence electrons. The van der Waals surface area contributed by atoms with Gasteiger partial charge in [0, 0.05) is 11.4 Å². The summed E-state index contributed by atoms with van der Waals surface area (Å²) in [5.41, 5.74) is 0.251. The van der Waals surface area contributed by atoms with Gasteiger partial charge in [-0.2, -0.15) is 36.8 Å². The van der Waals surface area contributed by atoms with Gasteiger partial charge in [-0.15, -0.1) is 0 Å². The summed E-state index contributed by atoms with van der Waals surface area (Å²) in [6, 6.07) is 46.5. The number of hydrogen-bond donors (Lipinski definition) is 4. The average Bonchev–Trinajstić information content (AvgIpc) is 3.27. The lowest BCUT2D eigenvalue weighted by molar-refractivity contribution is 0.434. The van der Waals surface area contributed by atoms with Crippen LogP contribution >= 0.6 is 0 Å². The standard InChI is InChI=1S/C46H34N6O10S2/c53-63(54,55)39-27-33(47-45-49-41(59-35-13-5-1-6-14-35)29-42(50-45)60-36-15-7-2-8-16-36)25-23-31(39)21-22-32-24-26-34(28-40(32)64(56,57)58)48-46-51-43(61-37-17-9-3-10-18-37)30-44(52-46)62-38-19-11-4-12-20-38/h1-30H,(H,47,49,50)(H,48,51,52)(H,53,54,55)(H,56,57,58). The number of hydrogen-bond acceptors (Lipinski definition) is 14. The molecule has 6 aromatic carbocycles. The van der Waals surface area contributed by atoms with Gasteiger partial charge in [0.25, 0.3) is 20.2 Å². The molecule has 0 bridgehead atoms. The second-order valence-corrected chi connectivity index (χ2v) is 16.2. The third kappa shape index (κ3) is 11.4. The Morgan fingerprint density at radius 3 is 0.938 bits per heavy atom. The molecule has 0 aliphatic heterocycles. The highest BCUT2D eigenvalue weighted by Crippen LogP contribution is 2.32. The zero-order valence-corrected chi connectivity index (χ0v) is 34.7. The van der Waals surface area contributed by atoms with Crippen LogP contribution in [0.1, 0.15) is 11.1 Å². The van der Waals surface area contributed by atoms with Gasteiger partial charge in [0.15, 0.2) is 0 Å². The maximum absolute atomic E-state index is 12.7. The van der Waals surface area contributed by atoms with E-state index in [1.54, 1.807) is 97.1 Å². The molecular formula is C46H34N6O10S2. The van der Waals surface area contributed by atoms with E-state index in [9.17, 15) is 25.9 Å². The van der Waals surface area contributed by atoms with Crippen molar-refractivity contribution in [1.29, 1.82) is 0 Å². The van der Waals surface area contributed by atoms with Crippen LogP contribution in [0.25, 0.3) is 12.2 Å². The number of benzene rings is 6. The first-order valence-corrected chi connectivity index (χ1v) is 21.9. The fourth-order valence-corrected chi connectivity index (χ4v) is 7.37. The van der Waals surface area contributed by atoms with Crippen LogP contribution in [0, 0.1) is 0 Å². The normalized spacial score (nSPS) is 11.5. The smallest absolute Gasteiger partial charge is 0.295 e. The van der Waals surface area contributed by atoms with Crippen LogP contribution < -0.4 is 29.6 Å². The van der Waals surface area contributed by atoms with E-state index in [0.29, 0.717) is 23.0 Å². The summed E-state index contributed by atoms with van der Waals surface area (Å²) >= 11 is 0. The summed E-state index contributed by atoms with van der Waals surface area (Å²) in [7, 11) is -9.74. The van der Waals surface area contributed by atoms with Crippen LogP contribution in [0.3, 0.4) is 0 Å². The van der Waals surface area contributed by atoms with E-state index >= 15 is 0 Å². The molecule has 0 radical (unpaired) electrons. The monoisotopic (exact) mass is 894 g/mol. The lowest BCUT2D eigenvalue weighted by Crippen LogP contribution is -2.05. The molecule has 0 fully saturated rings. The molecule has 8 rings (SSSR count). The van der Waals surface area contributed by atoms with E-state index in [2.05, 4.69) is 30.6 Å². The highest BCUT2D eigenvalue weighted by Gasteiger charge is 2.19. The Hall–Kier alpha value is -8.16. The number of para-hydroxylation sites is 4. The van der Waals surface area contributed by atoms with Crippen molar-refractivity contribution < 1.29 is 44.9 Å². The Morgan fingerprint density at radius 1 is 0.391 bits per heavy atom. The number of nitrogens with zero attached hydrogens (tertiary/aromatic N) is 4. The average molecular weight is 895 g/mol. The molecular weight excluding hydrogens is 861 g/mol. The van der Waals surface area contributed by atoms with Crippen molar-refractivity contribution in [3.8, 4) is 46.5 Å². The molecule has 0 amide bonds. The number of ether oxygens (including phenoxy) is 4. The summed E-state index contributed by atoms with van der Waals surface area (Å²) in [4.78, 5) is 16.6. The Labute approximate surface area is 367 Å². The van der Waals surface area contributed by atoms with Crippen molar-refractivity contribution in [3.05, 3.63) is 181 Å². The first-order chi connectivity index (χ1) is 30.9. The predicted octanol–water partition coefficient (Wildman–Crippen LogP) is 10.6. The fraction of sp³-hybridized carbons (Fsp3) is 0. The molecule has 4 N–H and O–H groups in total. The molecule has 0 aliphatic rings. The third-order valence-corrected chi connectivity index (χ3v) is 10.6. The van der Waals surface area contributed by atoms with Crippen molar-refractivity contribution in [2.24, 2.45) is 0 Å². The minimum absolute atomic E-state index is 0.0266. The molecule has 16 nitrogen and oxygen atoms in total. The Bertz CT molecular complexity index is 2840. The first-order valence-electron chi connectivity index (χ1n) is 19.0. The van der Waals surface area contributed by atoms with E-state index in [1.807, 2.05) is 24.3 Å². The SMILES string of the molecule is O=S(=O)(O)c1cc(Nc2nc(Oc3ccccc3)cc(Oc3ccccc3)n2)ccc1C=Cc1ccc(Nc2nc(Oc3ccccc3)cc(Oc3ccccc3)n2)cc1S(=O)(=O)O. The van der Waals surface area contributed by atoms with Crippen molar-refractivity contribution in [2.45, 2.75) is 9.79 Å². The van der Waals surface area contributed by atoms with Crippen LogP contribution in [0.15, 0.2) is 180 Å². The number of aromatic nitrogens is 4. The maximum Gasteiger partial charge on any atom is 0.295 e. The van der Waals surface area contributed by atoms with Gasteiger partial charge >= 0.3 is 0 Å². The van der Waals surface area contributed by atoms with E-state index in [-0.39, 0.29) is 57.9 Å². The largest absolute Gasteiger partial charge is 0.439 e. The second kappa shape index (κ2) is 18.8. The van der Waals surface area contributed by atoms with Crippen LogP contribution in [0.5, 0.6) is 46.5 Å².